The van der Waals surface area contributed by atoms with E-state index in [1.807, 2.05) is 0 Å². The van der Waals surface area contributed by atoms with Crippen molar-refractivity contribution in [1.29, 1.82) is 0 Å². The van der Waals surface area contributed by atoms with Gasteiger partial charge in [0.1, 0.15) is 12.3 Å². The molecule has 2 N–H and O–H groups in total. The molecular weight excluding hydrogens is 342 g/mol. The molecule has 0 saturated carbocycles. The number of benzene rings is 1. The molecule has 0 aromatic heterocycles. The molecule has 0 aliphatic heterocycles. The molecule has 116 valence electrons. The zero-order valence-corrected chi connectivity index (χ0v) is 13.6. The monoisotopic (exact) mass is 359 g/mol. The van der Waals surface area contributed by atoms with Gasteiger partial charge in [-0.15, -0.1) is 0 Å². The molecule has 0 spiro atoms. The highest BCUT2D eigenvalue weighted by molar-refractivity contribution is 9.10. The number of alkyl carbamates (subject to hydrolysis) is 1. The van der Waals surface area contributed by atoms with Crippen molar-refractivity contribution < 1.29 is 24.2 Å². The number of carbonyl (C=O) groups is 2. The van der Waals surface area contributed by atoms with Crippen molar-refractivity contribution in [1.82, 2.24) is 5.32 Å². The Bertz CT molecular complexity index is 512. The van der Waals surface area contributed by atoms with Gasteiger partial charge in [0, 0.05) is 4.47 Å². The summed E-state index contributed by atoms with van der Waals surface area (Å²) in [4.78, 5) is 22.7. The SMILES string of the molecule is CC(C)(C)OC(=O)NCOC(C(=O)O)c1cccc(Br)c1. The summed E-state index contributed by atoms with van der Waals surface area (Å²) >= 11 is 3.27. The number of rotatable bonds is 5. The number of hydrogen-bond donors (Lipinski definition) is 2. The Kier molecular flexibility index (Phi) is 6.17. The number of carboxylic acid groups (broad SMARTS) is 1. The summed E-state index contributed by atoms with van der Waals surface area (Å²) in [5.41, 5.74) is -0.150. The Morgan fingerprint density at radius 2 is 2.05 bits per heavy atom. The summed E-state index contributed by atoms with van der Waals surface area (Å²) in [7, 11) is 0. The molecule has 1 atom stereocenters. The summed E-state index contributed by atoms with van der Waals surface area (Å²) in [5.74, 6) is -1.14. The van der Waals surface area contributed by atoms with Crippen LogP contribution in [0.2, 0.25) is 0 Å². The number of amides is 1. The van der Waals surface area contributed by atoms with E-state index < -0.39 is 23.8 Å². The van der Waals surface area contributed by atoms with E-state index in [0.29, 0.717) is 5.56 Å². The Morgan fingerprint density at radius 1 is 1.38 bits per heavy atom. The van der Waals surface area contributed by atoms with Crippen LogP contribution in [0.25, 0.3) is 0 Å². The topological polar surface area (TPSA) is 84.9 Å². The van der Waals surface area contributed by atoms with E-state index in [0.717, 1.165) is 4.47 Å². The van der Waals surface area contributed by atoms with Gasteiger partial charge in [-0.3, -0.25) is 5.32 Å². The van der Waals surface area contributed by atoms with E-state index in [1.165, 1.54) is 0 Å². The van der Waals surface area contributed by atoms with Crippen LogP contribution in [0.15, 0.2) is 28.7 Å². The lowest BCUT2D eigenvalue weighted by molar-refractivity contribution is -0.151. The first-order valence-corrected chi connectivity index (χ1v) is 7.05. The summed E-state index contributed by atoms with van der Waals surface area (Å²) in [6.45, 7) is 4.93. The van der Waals surface area contributed by atoms with Gasteiger partial charge in [0.05, 0.1) is 0 Å². The Morgan fingerprint density at radius 3 is 2.57 bits per heavy atom. The highest BCUT2D eigenvalue weighted by Gasteiger charge is 2.22. The molecule has 0 aliphatic carbocycles. The van der Waals surface area contributed by atoms with Gasteiger partial charge in [0.25, 0.3) is 0 Å². The standard InChI is InChI=1S/C14H18BrNO5/c1-14(2,3)21-13(19)16-8-20-11(12(17)18)9-5-4-6-10(15)7-9/h4-7,11H,8H2,1-3H3,(H,16,19)(H,17,18). The maximum atomic E-state index is 11.4. The molecule has 0 radical (unpaired) electrons. The maximum Gasteiger partial charge on any atom is 0.409 e. The van der Waals surface area contributed by atoms with Crippen molar-refractivity contribution in [2.24, 2.45) is 0 Å². The first-order chi connectivity index (χ1) is 9.69. The second-order valence-electron chi connectivity index (χ2n) is 5.26. The van der Waals surface area contributed by atoms with Crippen molar-refractivity contribution in [3.8, 4) is 0 Å². The molecule has 1 rings (SSSR count). The highest BCUT2D eigenvalue weighted by atomic mass is 79.9. The minimum Gasteiger partial charge on any atom is -0.479 e. The molecule has 1 amide bonds. The second-order valence-corrected chi connectivity index (χ2v) is 6.18. The maximum absolute atomic E-state index is 11.4. The number of carbonyl (C=O) groups excluding carboxylic acids is 1. The minimum absolute atomic E-state index is 0.265. The average molecular weight is 360 g/mol. The van der Waals surface area contributed by atoms with E-state index in [4.69, 9.17) is 9.47 Å². The predicted molar refractivity (Wildman–Crippen MR) is 79.8 cm³/mol. The van der Waals surface area contributed by atoms with Gasteiger partial charge in [-0.25, -0.2) is 9.59 Å². The third-order valence-corrected chi connectivity index (χ3v) is 2.73. The molecule has 21 heavy (non-hydrogen) atoms. The van der Waals surface area contributed by atoms with Crippen LogP contribution in [-0.4, -0.2) is 29.5 Å². The third kappa shape index (κ3) is 6.59. The Balaban J connectivity index is 2.57. The summed E-state index contributed by atoms with van der Waals surface area (Å²) in [6, 6.07) is 6.77. The number of nitrogens with one attached hydrogen (secondary N) is 1. The van der Waals surface area contributed by atoms with Gasteiger partial charge in [-0.1, -0.05) is 28.1 Å². The van der Waals surface area contributed by atoms with E-state index in [-0.39, 0.29) is 6.73 Å². The van der Waals surface area contributed by atoms with E-state index >= 15 is 0 Å². The molecule has 1 aromatic rings. The van der Waals surface area contributed by atoms with Crippen molar-refractivity contribution in [2.45, 2.75) is 32.5 Å². The van der Waals surface area contributed by atoms with Crippen LogP contribution >= 0.6 is 15.9 Å². The molecule has 0 aliphatic rings. The highest BCUT2D eigenvalue weighted by Crippen LogP contribution is 2.21. The number of halogens is 1. The number of carboxylic acids is 1. The first kappa shape index (κ1) is 17.5. The lowest BCUT2D eigenvalue weighted by atomic mass is 10.1. The molecule has 0 bridgehead atoms. The fourth-order valence-corrected chi connectivity index (χ4v) is 1.89. The molecule has 0 heterocycles. The van der Waals surface area contributed by atoms with Crippen LogP contribution in [0, 0.1) is 0 Å². The van der Waals surface area contributed by atoms with Crippen LogP contribution in [0.4, 0.5) is 4.79 Å². The van der Waals surface area contributed by atoms with E-state index in [2.05, 4.69) is 21.2 Å². The fourth-order valence-electron chi connectivity index (χ4n) is 1.48. The van der Waals surface area contributed by atoms with Crippen molar-refractivity contribution in [2.75, 3.05) is 6.73 Å². The smallest absolute Gasteiger partial charge is 0.409 e. The molecule has 0 saturated heterocycles. The van der Waals surface area contributed by atoms with Crippen molar-refractivity contribution in [3.63, 3.8) is 0 Å². The lowest BCUT2D eigenvalue weighted by Gasteiger charge is -2.20. The zero-order valence-electron chi connectivity index (χ0n) is 12.1. The second kappa shape index (κ2) is 7.42. The van der Waals surface area contributed by atoms with Crippen LogP contribution in [-0.2, 0) is 14.3 Å². The predicted octanol–water partition coefficient (Wildman–Crippen LogP) is 3.07. The Labute approximate surface area is 131 Å². The summed E-state index contributed by atoms with van der Waals surface area (Å²) in [5, 5.41) is 11.5. The van der Waals surface area contributed by atoms with Gasteiger partial charge < -0.3 is 14.6 Å². The molecule has 1 unspecified atom stereocenters. The van der Waals surface area contributed by atoms with Crippen LogP contribution in [0.3, 0.4) is 0 Å². The molecule has 7 heteroatoms. The molecule has 1 aromatic carbocycles. The number of aliphatic carboxylic acids is 1. The summed E-state index contributed by atoms with van der Waals surface area (Å²) in [6.07, 6.45) is -1.83. The molecular formula is C14H18BrNO5. The van der Waals surface area contributed by atoms with Gasteiger partial charge in [-0.05, 0) is 38.5 Å². The zero-order chi connectivity index (χ0) is 16.0. The number of ether oxygens (including phenoxy) is 2. The average Bonchev–Trinajstić information content (AvgIpc) is 2.31. The van der Waals surface area contributed by atoms with Crippen LogP contribution in [0.1, 0.15) is 32.4 Å². The van der Waals surface area contributed by atoms with E-state index in [1.54, 1.807) is 45.0 Å². The largest absolute Gasteiger partial charge is 0.479 e. The molecule has 0 fully saturated rings. The number of hydrogen-bond acceptors (Lipinski definition) is 4. The fraction of sp³-hybridized carbons (Fsp3) is 0.429. The normalized spacial score (nSPS) is 12.6. The van der Waals surface area contributed by atoms with Gasteiger partial charge in [0.2, 0.25) is 0 Å². The van der Waals surface area contributed by atoms with E-state index in [9.17, 15) is 14.7 Å². The van der Waals surface area contributed by atoms with Gasteiger partial charge >= 0.3 is 12.1 Å². The minimum atomic E-state index is -1.17. The van der Waals surface area contributed by atoms with Crippen molar-refractivity contribution in [3.05, 3.63) is 34.3 Å². The lowest BCUT2D eigenvalue weighted by Crippen LogP contribution is -2.34. The Hall–Kier alpha value is -1.60. The van der Waals surface area contributed by atoms with Crippen molar-refractivity contribution >= 4 is 28.0 Å². The quantitative estimate of drug-likeness (QED) is 0.789. The van der Waals surface area contributed by atoms with Crippen LogP contribution in [0.5, 0.6) is 0 Å². The van der Waals surface area contributed by atoms with Gasteiger partial charge in [-0.2, -0.15) is 0 Å². The third-order valence-electron chi connectivity index (χ3n) is 2.24. The van der Waals surface area contributed by atoms with Crippen LogP contribution < -0.4 is 5.32 Å². The van der Waals surface area contributed by atoms with Gasteiger partial charge in [0.15, 0.2) is 6.10 Å². The molecule has 6 nitrogen and oxygen atoms in total. The first-order valence-electron chi connectivity index (χ1n) is 6.26. The summed E-state index contributed by atoms with van der Waals surface area (Å²) < 4.78 is 11.0.